The zero-order valence-corrected chi connectivity index (χ0v) is 12.7. The standard InChI is InChI=1S/C13H19N3S2/c1-4-10-11(7-14-5-2)18-13(16-10)6-12-15-9(3)8-17-12/h8,14H,4-7H2,1-3H3. The maximum atomic E-state index is 4.73. The second kappa shape index (κ2) is 6.41. The highest BCUT2D eigenvalue weighted by Gasteiger charge is 2.11. The normalized spacial score (nSPS) is 11.1. The van der Waals surface area contributed by atoms with Crippen LogP contribution in [0.1, 0.15) is 40.1 Å². The van der Waals surface area contributed by atoms with Gasteiger partial charge in [-0.05, 0) is 19.9 Å². The number of thiazole rings is 2. The SMILES string of the molecule is CCNCc1sc(Cc2nc(C)cs2)nc1CC. The number of rotatable bonds is 6. The van der Waals surface area contributed by atoms with Crippen LogP contribution in [0.3, 0.4) is 0 Å². The molecule has 0 unspecified atom stereocenters. The van der Waals surface area contributed by atoms with E-state index in [1.807, 2.05) is 18.3 Å². The van der Waals surface area contributed by atoms with Gasteiger partial charge in [0.05, 0.1) is 22.1 Å². The van der Waals surface area contributed by atoms with Crippen LogP contribution < -0.4 is 5.32 Å². The van der Waals surface area contributed by atoms with E-state index in [2.05, 4.69) is 29.5 Å². The summed E-state index contributed by atoms with van der Waals surface area (Å²) < 4.78 is 0. The third kappa shape index (κ3) is 3.37. The van der Waals surface area contributed by atoms with Gasteiger partial charge in [-0.1, -0.05) is 13.8 Å². The lowest BCUT2D eigenvalue weighted by molar-refractivity contribution is 0.727. The minimum Gasteiger partial charge on any atom is -0.312 e. The molecule has 5 heteroatoms. The Bertz CT molecular complexity index is 502. The van der Waals surface area contributed by atoms with Gasteiger partial charge in [0.15, 0.2) is 0 Å². The Morgan fingerprint density at radius 3 is 2.67 bits per heavy atom. The maximum Gasteiger partial charge on any atom is 0.0999 e. The van der Waals surface area contributed by atoms with Crippen LogP contribution in [-0.4, -0.2) is 16.5 Å². The van der Waals surface area contributed by atoms with Crippen molar-refractivity contribution < 1.29 is 0 Å². The smallest absolute Gasteiger partial charge is 0.0999 e. The van der Waals surface area contributed by atoms with Gasteiger partial charge in [-0.3, -0.25) is 0 Å². The van der Waals surface area contributed by atoms with Crippen molar-refractivity contribution in [3.8, 4) is 0 Å². The van der Waals surface area contributed by atoms with Gasteiger partial charge in [0.2, 0.25) is 0 Å². The molecule has 0 aliphatic heterocycles. The highest BCUT2D eigenvalue weighted by Crippen LogP contribution is 2.23. The van der Waals surface area contributed by atoms with E-state index in [0.717, 1.165) is 31.6 Å². The highest BCUT2D eigenvalue weighted by molar-refractivity contribution is 7.12. The van der Waals surface area contributed by atoms with Crippen LogP contribution in [0.5, 0.6) is 0 Å². The fourth-order valence-electron chi connectivity index (χ4n) is 1.78. The molecule has 18 heavy (non-hydrogen) atoms. The first-order valence-electron chi connectivity index (χ1n) is 6.32. The zero-order valence-electron chi connectivity index (χ0n) is 11.1. The lowest BCUT2D eigenvalue weighted by Gasteiger charge is -1.99. The molecule has 0 atom stereocenters. The summed E-state index contributed by atoms with van der Waals surface area (Å²) in [5.74, 6) is 0. The number of nitrogens with one attached hydrogen (secondary N) is 1. The molecular weight excluding hydrogens is 262 g/mol. The van der Waals surface area contributed by atoms with Crippen molar-refractivity contribution in [3.63, 3.8) is 0 Å². The first-order chi connectivity index (χ1) is 8.72. The number of aryl methyl sites for hydroxylation is 2. The molecule has 0 aliphatic rings. The highest BCUT2D eigenvalue weighted by atomic mass is 32.1. The average Bonchev–Trinajstić information content (AvgIpc) is 2.93. The summed E-state index contributed by atoms with van der Waals surface area (Å²) in [5, 5.41) is 7.83. The van der Waals surface area contributed by atoms with Gasteiger partial charge >= 0.3 is 0 Å². The molecule has 98 valence electrons. The molecule has 0 bridgehead atoms. The van der Waals surface area contributed by atoms with E-state index in [1.165, 1.54) is 20.6 Å². The summed E-state index contributed by atoms with van der Waals surface area (Å²) in [5.41, 5.74) is 2.35. The van der Waals surface area contributed by atoms with Crippen LogP contribution >= 0.6 is 22.7 Å². The predicted octanol–water partition coefficient (Wildman–Crippen LogP) is 3.17. The van der Waals surface area contributed by atoms with E-state index in [-0.39, 0.29) is 0 Å². The first kappa shape index (κ1) is 13.6. The quantitative estimate of drug-likeness (QED) is 0.884. The van der Waals surface area contributed by atoms with Gasteiger partial charge in [0.1, 0.15) is 0 Å². The third-order valence-corrected chi connectivity index (χ3v) is 4.73. The first-order valence-corrected chi connectivity index (χ1v) is 8.01. The Morgan fingerprint density at radius 1 is 1.22 bits per heavy atom. The third-order valence-electron chi connectivity index (χ3n) is 2.66. The molecule has 0 aromatic carbocycles. The summed E-state index contributed by atoms with van der Waals surface area (Å²) in [4.78, 5) is 10.6. The van der Waals surface area contributed by atoms with Gasteiger partial charge in [0.25, 0.3) is 0 Å². The lowest BCUT2D eigenvalue weighted by atomic mass is 10.3. The summed E-state index contributed by atoms with van der Waals surface area (Å²) in [6.45, 7) is 8.28. The van der Waals surface area contributed by atoms with Crippen molar-refractivity contribution in [3.05, 3.63) is 31.7 Å². The molecule has 0 fully saturated rings. The Morgan fingerprint density at radius 2 is 2.06 bits per heavy atom. The minimum atomic E-state index is 0.877. The van der Waals surface area contributed by atoms with Crippen LogP contribution in [-0.2, 0) is 19.4 Å². The number of hydrogen-bond donors (Lipinski definition) is 1. The number of aromatic nitrogens is 2. The molecule has 0 amide bonds. The van der Waals surface area contributed by atoms with Crippen molar-refractivity contribution in [2.24, 2.45) is 0 Å². The second-order valence-electron chi connectivity index (χ2n) is 4.17. The summed E-state index contributed by atoms with van der Waals surface area (Å²) >= 11 is 3.55. The number of hydrogen-bond acceptors (Lipinski definition) is 5. The van der Waals surface area contributed by atoms with E-state index in [0.29, 0.717) is 0 Å². The van der Waals surface area contributed by atoms with Crippen LogP contribution in [0.15, 0.2) is 5.38 Å². The molecule has 0 saturated heterocycles. The van der Waals surface area contributed by atoms with E-state index in [4.69, 9.17) is 4.98 Å². The molecule has 1 N–H and O–H groups in total. The molecule has 2 rings (SSSR count). The van der Waals surface area contributed by atoms with E-state index < -0.39 is 0 Å². The van der Waals surface area contributed by atoms with Crippen molar-refractivity contribution in [2.75, 3.05) is 6.54 Å². The molecule has 2 aromatic heterocycles. The molecular formula is C13H19N3S2. The minimum absolute atomic E-state index is 0.877. The molecule has 3 nitrogen and oxygen atoms in total. The van der Waals surface area contributed by atoms with Crippen LogP contribution in [0.2, 0.25) is 0 Å². The Hall–Kier alpha value is -0.780. The molecule has 0 aliphatic carbocycles. The Balaban J connectivity index is 2.11. The van der Waals surface area contributed by atoms with Crippen LogP contribution in [0.4, 0.5) is 0 Å². The van der Waals surface area contributed by atoms with Crippen LogP contribution in [0, 0.1) is 6.92 Å². The summed E-state index contributed by atoms with van der Waals surface area (Å²) in [6.07, 6.45) is 1.89. The predicted molar refractivity (Wildman–Crippen MR) is 78.5 cm³/mol. The van der Waals surface area contributed by atoms with E-state index in [9.17, 15) is 0 Å². The Labute approximate surface area is 116 Å². The maximum absolute atomic E-state index is 4.73. The fourth-order valence-corrected chi connectivity index (χ4v) is 3.78. The van der Waals surface area contributed by atoms with Gasteiger partial charge in [-0.25, -0.2) is 9.97 Å². The fraction of sp³-hybridized carbons (Fsp3) is 0.538. The summed E-state index contributed by atoms with van der Waals surface area (Å²) in [6, 6.07) is 0. The second-order valence-corrected chi connectivity index (χ2v) is 6.28. The topological polar surface area (TPSA) is 37.8 Å². The van der Waals surface area contributed by atoms with Gasteiger partial charge in [-0.15, -0.1) is 22.7 Å². The van der Waals surface area contributed by atoms with E-state index in [1.54, 1.807) is 11.3 Å². The summed E-state index contributed by atoms with van der Waals surface area (Å²) in [7, 11) is 0. The average molecular weight is 281 g/mol. The van der Waals surface area contributed by atoms with Crippen molar-refractivity contribution in [1.82, 2.24) is 15.3 Å². The van der Waals surface area contributed by atoms with Crippen molar-refractivity contribution in [1.29, 1.82) is 0 Å². The molecule has 2 aromatic rings. The molecule has 0 radical (unpaired) electrons. The molecule has 2 heterocycles. The molecule has 0 saturated carbocycles. The van der Waals surface area contributed by atoms with Gasteiger partial charge in [0, 0.05) is 22.5 Å². The molecule has 0 spiro atoms. The number of nitrogens with zero attached hydrogens (tertiary/aromatic N) is 2. The lowest BCUT2D eigenvalue weighted by Crippen LogP contribution is -2.11. The van der Waals surface area contributed by atoms with Gasteiger partial charge in [-0.2, -0.15) is 0 Å². The van der Waals surface area contributed by atoms with Crippen molar-refractivity contribution >= 4 is 22.7 Å². The van der Waals surface area contributed by atoms with E-state index >= 15 is 0 Å². The monoisotopic (exact) mass is 281 g/mol. The largest absolute Gasteiger partial charge is 0.312 e. The van der Waals surface area contributed by atoms with Crippen molar-refractivity contribution in [2.45, 2.75) is 40.2 Å². The van der Waals surface area contributed by atoms with Crippen LogP contribution in [0.25, 0.3) is 0 Å². The zero-order chi connectivity index (χ0) is 13.0. The Kier molecular flexibility index (Phi) is 4.86. The van der Waals surface area contributed by atoms with Gasteiger partial charge < -0.3 is 5.32 Å².